The molecule has 0 unspecified atom stereocenters. The van der Waals surface area contributed by atoms with Gasteiger partial charge in [-0.15, -0.1) is 0 Å². The monoisotopic (exact) mass is 742 g/mol. The third-order valence-electron chi connectivity index (χ3n) is 9.14. The molecule has 6 rings (SSSR count). The highest BCUT2D eigenvalue weighted by Crippen LogP contribution is 2.40. The van der Waals surface area contributed by atoms with Gasteiger partial charge < -0.3 is 94.1 Å². The van der Waals surface area contributed by atoms with Gasteiger partial charge in [-0.1, -0.05) is 0 Å². The molecule has 2 aromatic carbocycles. The van der Waals surface area contributed by atoms with E-state index in [1.165, 1.54) is 13.0 Å². The Morgan fingerprint density at radius 1 is 0.827 bits per heavy atom. The van der Waals surface area contributed by atoms with E-state index in [4.69, 9.17) is 32.8 Å². The van der Waals surface area contributed by atoms with Crippen LogP contribution < -0.4 is 10.2 Å². The highest BCUT2D eigenvalue weighted by molar-refractivity contribution is 5.88. The van der Waals surface area contributed by atoms with Crippen molar-refractivity contribution in [3.8, 4) is 40.1 Å². The largest absolute Gasteiger partial charge is 0.508 e. The van der Waals surface area contributed by atoms with Crippen LogP contribution in [0.15, 0.2) is 39.5 Å². The normalized spacial score (nSPS) is 36.6. The van der Waals surface area contributed by atoms with Crippen LogP contribution >= 0.6 is 0 Å². The zero-order valence-corrected chi connectivity index (χ0v) is 27.1. The van der Waals surface area contributed by atoms with Crippen LogP contribution in [0.2, 0.25) is 0 Å². The van der Waals surface area contributed by atoms with Crippen molar-refractivity contribution in [1.82, 2.24) is 0 Å². The summed E-state index contributed by atoms with van der Waals surface area (Å²) in [5, 5.41) is 124. The first-order valence-corrected chi connectivity index (χ1v) is 15.9. The molecule has 0 spiro atoms. The number of phenolic OH excluding ortho intramolecular Hbond substituents is 4. The van der Waals surface area contributed by atoms with Gasteiger partial charge in [-0.25, -0.2) is 0 Å². The predicted molar refractivity (Wildman–Crippen MR) is 167 cm³/mol. The molecule has 0 saturated carbocycles. The summed E-state index contributed by atoms with van der Waals surface area (Å²) in [7, 11) is 0. The minimum Gasteiger partial charge on any atom is -0.508 e. The fourth-order valence-corrected chi connectivity index (χ4v) is 6.03. The predicted octanol–water partition coefficient (Wildman–Crippen LogP) is -3.22. The highest BCUT2D eigenvalue weighted by atomic mass is 16.8. The summed E-state index contributed by atoms with van der Waals surface area (Å²) in [4.78, 5) is 14.0. The average Bonchev–Trinajstić information content (AvgIpc) is 3.39. The molecule has 0 bridgehead atoms. The number of phenols is 4. The molecule has 3 fully saturated rings. The first-order chi connectivity index (χ1) is 24.5. The van der Waals surface area contributed by atoms with Gasteiger partial charge in [-0.2, -0.15) is 0 Å². The lowest BCUT2D eigenvalue weighted by molar-refractivity contribution is -0.335. The third kappa shape index (κ3) is 6.85. The minimum atomic E-state index is -2.19. The molecule has 0 aliphatic carbocycles. The van der Waals surface area contributed by atoms with Crippen LogP contribution in [0.25, 0.3) is 22.3 Å². The molecule has 3 aliphatic rings. The average molecular weight is 743 g/mol. The zero-order chi connectivity index (χ0) is 37.8. The van der Waals surface area contributed by atoms with Crippen LogP contribution in [0.3, 0.4) is 0 Å². The van der Waals surface area contributed by atoms with Gasteiger partial charge in [-0.05, 0) is 25.1 Å². The molecule has 20 nitrogen and oxygen atoms in total. The maximum absolute atomic E-state index is 14.0. The summed E-state index contributed by atoms with van der Waals surface area (Å²) in [6, 6.07) is 5.08. The van der Waals surface area contributed by atoms with E-state index in [0.29, 0.717) is 0 Å². The summed E-state index contributed by atoms with van der Waals surface area (Å²) in [5.74, 6) is -3.68. The van der Waals surface area contributed by atoms with E-state index in [0.717, 1.165) is 24.3 Å². The van der Waals surface area contributed by atoms with E-state index < -0.39 is 145 Å². The Labute approximate surface area is 292 Å². The lowest BCUT2D eigenvalue weighted by Gasteiger charge is -2.44. The summed E-state index contributed by atoms with van der Waals surface area (Å²) < 4.78 is 39.7. The summed E-state index contributed by atoms with van der Waals surface area (Å²) in [5.41, 5.74) is -3.73. The number of hydrogen-bond donors (Lipinski definition) is 12. The van der Waals surface area contributed by atoms with Crippen molar-refractivity contribution in [3.63, 3.8) is 0 Å². The molecule has 12 N–H and O–H groups in total. The van der Waals surface area contributed by atoms with Gasteiger partial charge in [0.25, 0.3) is 0 Å². The first-order valence-electron chi connectivity index (χ1n) is 15.9. The Morgan fingerprint density at radius 3 is 2.23 bits per heavy atom. The molecular formula is C32H38O20. The Morgan fingerprint density at radius 2 is 1.56 bits per heavy atom. The topological polar surface area (TPSA) is 328 Å². The maximum atomic E-state index is 14.0. The second-order valence-electron chi connectivity index (χ2n) is 12.8. The fourth-order valence-electron chi connectivity index (χ4n) is 6.03. The van der Waals surface area contributed by atoms with E-state index in [1.54, 1.807) is 0 Å². The van der Waals surface area contributed by atoms with Crippen molar-refractivity contribution in [2.75, 3.05) is 19.8 Å². The van der Waals surface area contributed by atoms with Gasteiger partial charge in [0.15, 0.2) is 35.9 Å². The zero-order valence-electron chi connectivity index (χ0n) is 27.1. The molecule has 1 aromatic heterocycles. The quantitative estimate of drug-likeness (QED) is 0.0959. The van der Waals surface area contributed by atoms with Gasteiger partial charge in [0, 0.05) is 17.7 Å². The van der Waals surface area contributed by atoms with Gasteiger partial charge in [0.05, 0.1) is 25.9 Å². The lowest BCUT2D eigenvalue weighted by atomic mass is 9.97. The van der Waals surface area contributed by atoms with Crippen molar-refractivity contribution in [2.45, 2.75) is 86.3 Å². The van der Waals surface area contributed by atoms with Gasteiger partial charge in [0.2, 0.25) is 17.5 Å². The number of fused-ring (bicyclic) bond motifs is 1. The van der Waals surface area contributed by atoms with Gasteiger partial charge >= 0.3 is 0 Å². The van der Waals surface area contributed by atoms with Crippen molar-refractivity contribution in [1.29, 1.82) is 0 Å². The van der Waals surface area contributed by atoms with E-state index in [2.05, 4.69) is 0 Å². The van der Waals surface area contributed by atoms with Crippen LogP contribution in [0.5, 0.6) is 28.7 Å². The standard InChI is InChI=1S/C32H38O20/c1-10-19(38)22(41)24(43)29(48-10)46-7-17-20(39)23(42)27(52-31-28(44)32(45,8-33)9-47-31)30(50-17)51-26-21(40)18-15(37)5-12(34)6-16(18)49-25(26)11-2-3-13(35)14(36)4-11/h2-6,10,17,19-20,22-24,27-31,33-39,41-45H,7-9H2,1H3/t10-,17+,19-,20-,22+,23-,24+,27+,28-,29+,30-,31-,32+/m0/s1. The van der Waals surface area contributed by atoms with Crippen LogP contribution in [0.1, 0.15) is 6.92 Å². The molecule has 0 amide bonds. The Balaban J connectivity index is 1.39. The molecule has 3 saturated heterocycles. The second kappa shape index (κ2) is 14.5. The first kappa shape index (κ1) is 37.9. The fraction of sp³-hybridized carbons (Fsp3) is 0.531. The molecule has 52 heavy (non-hydrogen) atoms. The molecule has 20 heteroatoms. The Hall–Kier alpha value is -3.87. The maximum Gasteiger partial charge on any atom is 0.239 e. The van der Waals surface area contributed by atoms with E-state index >= 15 is 0 Å². The summed E-state index contributed by atoms with van der Waals surface area (Å²) >= 11 is 0. The van der Waals surface area contributed by atoms with Gasteiger partial charge in [0.1, 0.15) is 70.8 Å². The minimum absolute atomic E-state index is 0.0956. The third-order valence-corrected chi connectivity index (χ3v) is 9.14. The molecule has 3 aromatic rings. The van der Waals surface area contributed by atoms with E-state index in [-0.39, 0.29) is 11.1 Å². The van der Waals surface area contributed by atoms with Crippen molar-refractivity contribution in [3.05, 3.63) is 40.6 Å². The van der Waals surface area contributed by atoms with E-state index in [1.807, 2.05) is 0 Å². The Bertz CT molecular complexity index is 1820. The van der Waals surface area contributed by atoms with Crippen LogP contribution in [0.4, 0.5) is 0 Å². The molecule has 13 atom stereocenters. The number of benzene rings is 2. The number of aromatic hydroxyl groups is 4. The number of hydrogen-bond acceptors (Lipinski definition) is 20. The van der Waals surface area contributed by atoms with E-state index in [9.17, 15) is 66.1 Å². The number of rotatable bonds is 9. The lowest BCUT2D eigenvalue weighted by Crippen LogP contribution is -2.63. The Kier molecular flexibility index (Phi) is 10.6. The summed E-state index contributed by atoms with van der Waals surface area (Å²) in [6.07, 6.45) is -20.6. The van der Waals surface area contributed by atoms with Crippen molar-refractivity contribution < 1.29 is 94.1 Å². The molecular weight excluding hydrogens is 704 g/mol. The summed E-state index contributed by atoms with van der Waals surface area (Å²) in [6.45, 7) is -0.880. The highest BCUT2D eigenvalue weighted by Gasteiger charge is 2.54. The SMILES string of the molecule is C[C@@H]1O[C@@H](OC[C@H]2O[C@@H](Oc3c(-c4ccc(O)c(O)c4)oc4cc(O)cc(O)c4c3=O)[C@H](O[C@@H]3OC[C@](O)(CO)[C@H]3O)[C@@H](O)[C@H]2O)[C@H](O)[C@H](O)[C@H]1O. The van der Waals surface area contributed by atoms with Gasteiger partial charge in [-0.3, -0.25) is 4.79 Å². The number of ether oxygens (including phenoxy) is 6. The number of aliphatic hydroxyl groups is 8. The smallest absolute Gasteiger partial charge is 0.239 e. The molecule has 4 heterocycles. The van der Waals surface area contributed by atoms with Crippen LogP contribution in [0, 0.1) is 0 Å². The van der Waals surface area contributed by atoms with Crippen molar-refractivity contribution >= 4 is 11.0 Å². The van der Waals surface area contributed by atoms with Crippen LogP contribution in [-0.2, 0) is 23.7 Å². The second-order valence-corrected chi connectivity index (χ2v) is 12.8. The number of aliphatic hydroxyl groups excluding tert-OH is 7. The molecule has 0 radical (unpaired) electrons. The molecule has 3 aliphatic heterocycles. The van der Waals surface area contributed by atoms with Crippen molar-refractivity contribution in [2.24, 2.45) is 0 Å². The van der Waals surface area contributed by atoms with Crippen LogP contribution in [-0.4, -0.2) is 161 Å². The molecule has 286 valence electrons.